The van der Waals surface area contributed by atoms with Gasteiger partial charge >= 0.3 is 18.1 Å². The van der Waals surface area contributed by atoms with Gasteiger partial charge in [0.15, 0.2) is 0 Å². The Bertz CT molecular complexity index is 660. The summed E-state index contributed by atoms with van der Waals surface area (Å²) in [5.41, 5.74) is -3.05. The third-order valence-electron chi connectivity index (χ3n) is 6.34. The van der Waals surface area contributed by atoms with E-state index in [9.17, 15) is 31.5 Å². The molecule has 0 aromatic rings. The van der Waals surface area contributed by atoms with Gasteiger partial charge < -0.3 is 9.47 Å². The lowest BCUT2D eigenvalue weighted by Gasteiger charge is -2.60. The molecule has 0 spiro atoms. The Morgan fingerprint density at radius 2 is 1.45 bits per heavy atom. The largest absolute Gasteiger partial charge is 0.459 e. The Kier molecular flexibility index (Phi) is 5.03. The maximum Gasteiger partial charge on any atom is 0.431 e. The Morgan fingerprint density at radius 3 is 1.86 bits per heavy atom. The van der Waals surface area contributed by atoms with Gasteiger partial charge in [-0.05, 0) is 64.7 Å². The zero-order chi connectivity index (χ0) is 22.0. The van der Waals surface area contributed by atoms with Gasteiger partial charge in [0.05, 0.1) is 10.8 Å². The van der Waals surface area contributed by atoms with Crippen LogP contribution in [-0.2, 0) is 19.1 Å². The van der Waals surface area contributed by atoms with Crippen molar-refractivity contribution >= 4 is 11.9 Å². The summed E-state index contributed by atoms with van der Waals surface area (Å²) >= 11 is 0. The van der Waals surface area contributed by atoms with Gasteiger partial charge in [-0.1, -0.05) is 0 Å². The highest BCUT2D eigenvalue weighted by atomic mass is 19.4. The van der Waals surface area contributed by atoms with Gasteiger partial charge in [-0.2, -0.15) is 13.2 Å². The van der Waals surface area contributed by atoms with Gasteiger partial charge in [-0.25, -0.2) is 8.78 Å². The third-order valence-corrected chi connectivity index (χ3v) is 6.34. The first-order valence-electron chi connectivity index (χ1n) is 9.85. The minimum atomic E-state index is -5.38. The zero-order valence-corrected chi connectivity index (χ0v) is 17.0. The second kappa shape index (κ2) is 6.54. The fourth-order valence-electron chi connectivity index (χ4n) is 5.58. The van der Waals surface area contributed by atoms with Crippen LogP contribution < -0.4 is 0 Å². The second-order valence-corrected chi connectivity index (χ2v) is 10.3. The number of ether oxygens (including phenoxy) is 2. The van der Waals surface area contributed by atoms with Gasteiger partial charge in [0.1, 0.15) is 5.60 Å². The Labute approximate surface area is 166 Å². The van der Waals surface area contributed by atoms with E-state index in [0.717, 1.165) is 6.42 Å². The van der Waals surface area contributed by atoms with Gasteiger partial charge in [0, 0.05) is 13.3 Å². The molecule has 0 aromatic carbocycles. The molecule has 4 bridgehead atoms. The molecule has 0 heterocycles. The van der Waals surface area contributed by atoms with Crippen molar-refractivity contribution in [2.24, 2.45) is 22.7 Å². The summed E-state index contributed by atoms with van der Waals surface area (Å²) in [7, 11) is 0. The van der Waals surface area contributed by atoms with Gasteiger partial charge in [0.25, 0.3) is 12.0 Å². The molecule has 0 saturated heterocycles. The molecule has 0 aromatic heterocycles. The van der Waals surface area contributed by atoms with E-state index < -0.39 is 46.6 Å². The fraction of sp³-hybridized carbons (Fsp3) is 0.900. The molecule has 4 fully saturated rings. The predicted octanol–water partition coefficient (Wildman–Crippen LogP) is 5.04. The molecule has 4 rings (SSSR count). The normalized spacial score (nSPS) is 35.3. The van der Waals surface area contributed by atoms with Crippen LogP contribution in [0.3, 0.4) is 0 Å². The van der Waals surface area contributed by atoms with E-state index >= 15 is 0 Å². The van der Waals surface area contributed by atoms with Crippen LogP contribution in [0.5, 0.6) is 0 Å². The summed E-state index contributed by atoms with van der Waals surface area (Å²) in [5, 5.41) is 0. The lowest BCUT2D eigenvalue weighted by molar-refractivity contribution is -0.282. The van der Waals surface area contributed by atoms with Crippen LogP contribution in [0.15, 0.2) is 0 Å². The molecule has 4 nitrogen and oxygen atoms in total. The number of rotatable bonds is 4. The molecule has 0 amide bonds. The van der Waals surface area contributed by atoms with Crippen molar-refractivity contribution in [3.63, 3.8) is 0 Å². The molecule has 0 radical (unpaired) electrons. The van der Waals surface area contributed by atoms with Crippen LogP contribution in [0.2, 0.25) is 0 Å². The number of carbonyl (C=O) groups excluding carboxylic acids is 2. The maximum atomic E-state index is 13.5. The van der Waals surface area contributed by atoms with Crippen molar-refractivity contribution in [2.45, 2.75) is 90.0 Å². The standard InChI is InChI=1S/C20H27F5O4/c1-16(2,3)14(26)29-19-8-11-5-12(9-19)7-18(6-11,10-19)15(27)28-13(17(4,21)22)20(23,24)25/h11-13H,5-10H2,1-4H3. The van der Waals surface area contributed by atoms with E-state index in [1.54, 1.807) is 20.8 Å². The van der Waals surface area contributed by atoms with E-state index in [0.29, 0.717) is 12.8 Å². The summed E-state index contributed by atoms with van der Waals surface area (Å²) in [6, 6.07) is 0. The summed E-state index contributed by atoms with van der Waals surface area (Å²) in [5.74, 6) is -5.99. The number of hydrogen-bond acceptors (Lipinski definition) is 4. The van der Waals surface area contributed by atoms with Crippen molar-refractivity contribution in [1.82, 2.24) is 0 Å². The van der Waals surface area contributed by atoms with Crippen LogP contribution in [0.1, 0.15) is 66.2 Å². The smallest absolute Gasteiger partial charge is 0.431 e. The van der Waals surface area contributed by atoms with Gasteiger partial charge in [-0.3, -0.25) is 9.59 Å². The Hall–Kier alpha value is -1.41. The van der Waals surface area contributed by atoms with Crippen molar-refractivity contribution < 1.29 is 41.0 Å². The monoisotopic (exact) mass is 426 g/mol. The minimum absolute atomic E-state index is 0.0111. The zero-order valence-electron chi connectivity index (χ0n) is 17.0. The van der Waals surface area contributed by atoms with Crippen LogP contribution in [0.4, 0.5) is 22.0 Å². The van der Waals surface area contributed by atoms with E-state index in [2.05, 4.69) is 4.74 Å². The molecule has 4 aliphatic rings. The van der Waals surface area contributed by atoms with Crippen LogP contribution in [0, 0.1) is 22.7 Å². The van der Waals surface area contributed by atoms with Crippen molar-refractivity contribution in [2.75, 3.05) is 0 Å². The molecule has 4 aliphatic carbocycles. The first-order valence-corrected chi connectivity index (χ1v) is 9.85. The van der Waals surface area contributed by atoms with Gasteiger partial charge in [0.2, 0.25) is 0 Å². The average molecular weight is 426 g/mol. The lowest BCUT2D eigenvalue weighted by Crippen LogP contribution is -2.61. The molecule has 0 aliphatic heterocycles. The first kappa shape index (κ1) is 22.3. The minimum Gasteiger partial charge on any atom is -0.459 e. The third kappa shape index (κ3) is 4.24. The summed E-state index contributed by atoms with van der Waals surface area (Å²) in [6.07, 6.45) is -6.45. The van der Waals surface area contributed by atoms with E-state index in [4.69, 9.17) is 4.74 Å². The maximum absolute atomic E-state index is 13.5. The highest BCUT2D eigenvalue weighted by Crippen LogP contribution is 2.63. The number of carbonyl (C=O) groups is 2. The first-order chi connectivity index (χ1) is 13.0. The summed E-state index contributed by atoms with van der Waals surface area (Å²) < 4.78 is 76.6. The van der Waals surface area contributed by atoms with Crippen molar-refractivity contribution in [3.8, 4) is 0 Å². The molecule has 4 saturated carbocycles. The molecule has 3 atom stereocenters. The lowest BCUT2D eigenvalue weighted by atomic mass is 9.48. The molecular weight excluding hydrogens is 399 g/mol. The number of halogens is 5. The van der Waals surface area contributed by atoms with E-state index in [1.807, 2.05) is 0 Å². The quantitative estimate of drug-likeness (QED) is 0.467. The van der Waals surface area contributed by atoms with Crippen molar-refractivity contribution in [3.05, 3.63) is 0 Å². The topological polar surface area (TPSA) is 52.6 Å². The second-order valence-electron chi connectivity index (χ2n) is 10.3. The molecule has 9 heteroatoms. The van der Waals surface area contributed by atoms with Gasteiger partial charge in [-0.15, -0.1) is 0 Å². The average Bonchev–Trinajstić information content (AvgIpc) is 2.47. The number of esters is 2. The van der Waals surface area contributed by atoms with Crippen LogP contribution >= 0.6 is 0 Å². The fourth-order valence-corrected chi connectivity index (χ4v) is 5.58. The van der Waals surface area contributed by atoms with Crippen LogP contribution in [0.25, 0.3) is 0 Å². The molecular formula is C20H27F5O4. The highest BCUT2D eigenvalue weighted by molar-refractivity contribution is 5.79. The van der Waals surface area contributed by atoms with Crippen LogP contribution in [-0.4, -0.2) is 35.7 Å². The van der Waals surface area contributed by atoms with E-state index in [-0.39, 0.29) is 38.0 Å². The number of alkyl halides is 5. The summed E-state index contributed by atoms with van der Waals surface area (Å²) in [4.78, 5) is 25.3. The summed E-state index contributed by atoms with van der Waals surface area (Å²) in [6.45, 7) is 5.16. The highest BCUT2D eigenvalue weighted by Gasteiger charge is 2.65. The molecule has 166 valence electrons. The molecule has 29 heavy (non-hydrogen) atoms. The molecule has 3 unspecified atom stereocenters. The Morgan fingerprint density at radius 1 is 0.931 bits per heavy atom. The van der Waals surface area contributed by atoms with E-state index in [1.165, 1.54) is 0 Å². The van der Waals surface area contributed by atoms with Crippen molar-refractivity contribution in [1.29, 1.82) is 0 Å². The number of hydrogen-bond donors (Lipinski definition) is 0. The Balaban J connectivity index is 1.86. The SMILES string of the molecule is CC(C)(C)C(=O)OC12CC3CC(C1)CC(C(=O)OC(C(C)(F)F)C(F)(F)F)(C3)C2. The predicted molar refractivity (Wildman–Crippen MR) is 91.9 cm³/mol. The molecule has 0 N–H and O–H groups in total.